The Morgan fingerprint density at radius 2 is 1.42 bits per heavy atom. The van der Waals surface area contributed by atoms with Crippen LogP contribution in [0, 0.1) is 11.3 Å². The Kier molecular flexibility index (Phi) is 5.38. The van der Waals surface area contributed by atoms with Crippen molar-refractivity contribution in [2.45, 2.75) is 9.79 Å². The molecule has 0 bridgehead atoms. The smallest absolute Gasteiger partial charge is 0.0998 e. The molecular weight excluding hydrogens is 334 g/mol. The molecule has 0 spiro atoms. The van der Waals surface area contributed by atoms with Crippen molar-refractivity contribution in [2.24, 2.45) is 0 Å². The Bertz CT molecular complexity index is 876. The van der Waals surface area contributed by atoms with Gasteiger partial charge in [0.25, 0.3) is 0 Å². The lowest BCUT2D eigenvalue weighted by Crippen LogP contribution is -1.81. The summed E-state index contributed by atoms with van der Waals surface area (Å²) in [6, 6.07) is 27.9. The summed E-state index contributed by atoms with van der Waals surface area (Å²) in [6.45, 7) is 0. The fourth-order valence-electron chi connectivity index (χ4n) is 2.24. The van der Waals surface area contributed by atoms with Gasteiger partial charge in [-0.1, -0.05) is 65.8 Å². The van der Waals surface area contributed by atoms with E-state index in [4.69, 9.17) is 11.6 Å². The topological polar surface area (TPSA) is 23.8 Å². The Morgan fingerprint density at radius 3 is 2.00 bits per heavy atom. The fraction of sp³-hybridized carbons (Fsp3) is 0. The van der Waals surface area contributed by atoms with E-state index in [9.17, 15) is 5.26 Å². The van der Waals surface area contributed by atoms with Gasteiger partial charge in [-0.05, 0) is 53.6 Å². The second-order valence-corrected chi connectivity index (χ2v) is 6.74. The van der Waals surface area contributed by atoms with E-state index in [-0.39, 0.29) is 0 Å². The lowest BCUT2D eigenvalue weighted by molar-refractivity contribution is 1.40. The van der Waals surface area contributed by atoms with Crippen molar-refractivity contribution in [1.82, 2.24) is 0 Å². The van der Waals surface area contributed by atoms with Gasteiger partial charge in [0, 0.05) is 14.8 Å². The summed E-state index contributed by atoms with van der Waals surface area (Å²) in [5, 5.41) is 10.1. The van der Waals surface area contributed by atoms with Crippen LogP contribution in [0.4, 0.5) is 0 Å². The molecule has 0 fully saturated rings. The first-order chi connectivity index (χ1) is 11.7. The maximum Gasteiger partial charge on any atom is 0.0998 e. The third kappa shape index (κ3) is 4.29. The van der Waals surface area contributed by atoms with E-state index in [2.05, 4.69) is 18.2 Å². The molecule has 0 saturated heterocycles. The zero-order chi connectivity index (χ0) is 16.8. The number of hydrogen-bond acceptors (Lipinski definition) is 2. The van der Waals surface area contributed by atoms with Crippen LogP contribution >= 0.6 is 23.4 Å². The molecule has 0 aliphatic heterocycles. The Labute approximate surface area is 151 Å². The summed E-state index contributed by atoms with van der Waals surface area (Å²) in [7, 11) is 0. The molecule has 0 heterocycles. The highest BCUT2D eigenvalue weighted by molar-refractivity contribution is 7.99. The zero-order valence-corrected chi connectivity index (χ0v) is 14.4. The average Bonchev–Trinajstić information content (AvgIpc) is 2.64. The number of nitrogens with zero attached hydrogens (tertiary/aromatic N) is 1. The molecular formula is C21H14ClNS. The Morgan fingerprint density at radius 1 is 0.833 bits per heavy atom. The molecule has 0 aliphatic carbocycles. The predicted octanol–water partition coefficient (Wildman–Crippen LogP) is 6.56. The van der Waals surface area contributed by atoms with Crippen LogP contribution in [0.5, 0.6) is 0 Å². The zero-order valence-electron chi connectivity index (χ0n) is 12.8. The second-order valence-electron chi connectivity index (χ2n) is 5.16. The van der Waals surface area contributed by atoms with E-state index in [0.717, 1.165) is 25.9 Å². The number of hydrogen-bond donors (Lipinski definition) is 0. The van der Waals surface area contributed by atoms with E-state index in [1.165, 1.54) is 0 Å². The van der Waals surface area contributed by atoms with Crippen LogP contribution in [0.1, 0.15) is 11.1 Å². The molecule has 0 unspecified atom stereocenters. The molecule has 1 nitrogen and oxygen atoms in total. The number of nitriles is 1. The highest BCUT2D eigenvalue weighted by atomic mass is 35.5. The molecule has 3 aromatic carbocycles. The standard InChI is InChI=1S/C21H14ClNS/c22-19-8-12-21(13-9-19)24-20-10-6-16(7-11-20)14-18(15-23)17-4-2-1-3-5-17/h1-14H/b18-14+. The SMILES string of the molecule is N#C/C(=C\c1ccc(Sc2ccc(Cl)cc2)cc1)c1ccccc1. The number of benzene rings is 3. The number of allylic oxidation sites excluding steroid dienone is 1. The first-order valence-corrected chi connectivity index (χ1v) is 8.65. The van der Waals surface area contributed by atoms with Gasteiger partial charge in [-0.3, -0.25) is 0 Å². The molecule has 0 atom stereocenters. The quantitative estimate of drug-likeness (QED) is 0.394. The summed E-state index contributed by atoms with van der Waals surface area (Å²) in [6.07, 6.45) is 1.91. The first-order valence-electron chi connectivity index (χ1n) is 7.45. The van der Waals surface area contributed by atoms with Crippen molar-refractivity contribution >= 4 is 35.0 Å². The van der Waals surface area contributed by atoms with E-state index >= 15 is 0 Å². The van der Waals surface area contributed by atoms with Crippen LogP contribution in [0.15, 0.2) is 88.7 Å². The third-order valence-corrected chi connectivity index (χ3v) is 4.71. The average molecular weight is 348 g/mol. The summed E-state index contributed by atoms with van der Waals surface area (Å²) in [4.78, 5) is 2.29. The van der Waals surface area contributed by atoms with Gasteiger partial charge in [-0.15, -0.1) is 0 Å². The van der Waals surface area contributed by atoms with Gasteiger partial charge >= 0.3 is 0 Å². The Balaban J connectivity index is 1.78. The minimum absolute atomic E-state index is 0.661. The first kappa shape index (κ1) is 16.4. The van der Waals surface area contributed by atoms with E-state index in [0.29, 0.717) is 5.57 Å². The normalized spacial score (nSPS) is 11.1. The highest BCUT2D eigenvalue weighted by Crippen LogP contribution is 2.29. The summed E-state index contributed by atoms with van der Waals surface area (Å²) in [5.41, 5.74) is 2.60. The molecule has 3 aromatic rings. The molecule has 0 aliphatic rings. The molecule has 0 aromatic heterocycles. The maximum absolute atomic E-state index is 9.38. The summed E-state index contributed by atoms with van der Waals surface area (Å²) in [5.74, 6) is 0. The van der Waals surface area contributed by atoms with Crippen LogP contribution in [-0.4, -0.2) is 0 Å². The van der Waals surface area contributed by atoms with E-state index in [1.807, 2.05) is 72.8 Å². The van der Waals surface area contributed by atoms with Gasteiger partial charge in [-0.25, -0.2) is 0 Å². The molecule has 24 heavy (non-hydrogen) atoms. The largest absolute Gasteiger partial charge is 0.192 e. The van der Waals surface area contributed by atoms with Gasteiger partial charge in [-0.2, -0.15) is 5.26 Å². The van der Waals surface area contributed by atoms with Crippen molar-refractivity contribution < 1.29 is 0 Å². The van der Waals surface area contributed by atoms with Crippen LogP contribution in [0.25, 0.3) is 11.6 Å². The van der Waals surface area contributed by atoms with Crippen LogP contribution < -0.4 is 0 Å². The fourth-order valence-corrected chi connectivity index (χ4v) is 3.18. The molecule has 116 valence electrons. The molecule has 3 rings (SSSR count). The van der Waals surface area contributed by atoms with Gasteiger partial charge in [0.1, 0.15) is 0 Å². The monoisotopic (exact) mass is 347 g/mol. The van der Waals surface area contributed by atoms with Crippen molar-refractivity contribution in [3.63, 3.8) is 0 Å². The third-order valence-electron chi connectivity index (χ3n) is 3.45. The minimum atomic E-state index is 0.661. The van der Waals surface area contributed by atoms with Crippen LogP contribution in [0.2, 0.25) is 5.02 Å². The Hall–Kier alpha value is -2.47. The van der Waals surface area contributed by atoms with Crippen molar-refractivity contribution in [2.75, 3.05) is 0 Å². The molecule has 3 heteroatoms. The molecule has 0 N–H and O–H groups in total. The molecule has 0 saturated carbocycles. The lowest BCUT2D eigenvalue weighted by atomic mass is 10.0. The van der Waals surface area contributed by atoms with Crippen molar-refractivity contribution in [1.29, 1.82) is 5.26 Å². The summed E-state index contributed by atoms with van der Waals surface area (Å²) < 4.78 is 0. The number of halogens is 1. The van der Waals surface area contributed by atoms with E-state index in [1.54, 1.807) is 11.8 Å². The van der Waals surface area contributed by atoms with Crippen molar-refractivity contribution in [3.05, 3.63) is 95.0 Å². The maximum atomic E-state index is 9.38. The second kappa shape index (κ2) is 7.88. The van der Waals surface area contributed by atoms with Gasteiger partial charge in [0.2, 0.25) is 0 Å². The predicted molar refractivity (Wildman–Crippen MR) is 102 cm³/mol. The van der Waals surface area contributed by atoms with Gasteiger partial charge < -0.3 is 0 Å². The number of rotatable bonds is 4. The van der Waals surface area contributed by atoms with Crippen molar-refractivity contribution in [3.8, 4) is 6.07 Å². The van der Waals surface area contributed by atoms with Crippen LogP contribution in [-0.2, 0) is 0 Å². The van der Waals surface area contributed by atoms with Gasteiger partial charge in [0.05, 0.1) is 11.6 Å². The van der Waals surface area contributed by atoms with Gasteiger partial charge in [0.15, 0.2) is 0 Å². The molecule has 0 amide bonds. The van der Waals surface area contributed by atoms with Crippen LogP contribution in [0.3, 0.4) is 0 Å². The highest BCUT2D eigenvalue weighted by Gasteiger charge is 2.01. The lowest BCUT2D eigenvalue weighted by Gasteiger charge is -2.03. The summed E-state index contributed by atoms with van der Waals surface area (Å²) >= 11 is 7.59. The van der Waals surface area contributed by atoms with E-state index < -0.39 is 0 Å². The molecule has 0 radical (unpaired) electrons. The minimum Gasteiger partial charge on any atom is -0.192 e.